The van der Waals surface area contributed by atoms with Crippen LogP contribution in [0.1, 0.15) is 63.8 Å². The van der Waals surface area contributed by atoms with Crippen LogP contribution in [0.25, 0.3) is 11.1 Å². The van der Waals surface area contributed by atoms with Crippen molar-refractivity contribution >= 4 is 17.0 Å². The van der Waals surface area contributed by atoms with E-state index in [4.69, 9.17) is 17.0 Å². The van der Waals surface area contributed by atoms with Gasteiger partial charge in [-0.25, -0.2) is 0 Å². The summed E-state index contributed by atoms with van der Waals surface area (Å²) in [7, 11) is 9.87. The van der Waals surface area contributed by atoms with E-state index in [9.17, 15) is 0 Å². The Labute approximate surface area is 189 Å². The van der Waals surface area contributed by atoms with E-state index in [0.717, 1.165) is 17.5 Å². The van der Waals surface area contributed by atoms with Gasteiger partial charge in [0.2, 0.25) is 0 Å². The SMILES string of the molecule is CC(C)(C)C#Cc1[c-]c2c(cc1)-c1ccc(C#CC(C)(C)C)cc1C2.[Cl][Zr][Cl]. The molecule has 0 amide bonds. The van der Waals surface area contributed by atoms with Gasteiger partial charge in [0.1, 0.15) is 0 Å². The van der Waals surface area contributed by atoms with Crippen LogP contribution in [-0.4, -0.2) is 0 Å². The van der Waals surface area contributed by atoms with Crippen LogP contribution in [0.5, 0.6) is 0 Å². The van der Waals surface area contributed by atoms with Crippen LogP contribution in [0.3, 0.4) is 0 Å². The Kier molecular flexibility index (Phi) is 8.06. The summed E-state index contributed by atoms with van der Waals surface area (Å²) in [6, 6.07) is 14.3. The minimum absolute atomic E-state index is 0.0104. The van der Waals surface area contributed by atoms with Crippen molar-refractivity contribution in [3.8, 4) is 34.8 Å². The summed E-state index contributed by atoms with van der Waals surface area (Å²) < 4.78 is 0. The van der Waals surface area contributed by atoms with Crippen LogP contribution in [0.2, 0.25) is 0 Å². The van der Waals surface area contributed by atoms with Gasteiger partial charge in [-0.1, -0.05) is 29.0 Å². The molecule has 2 aromatic rings. The van der Waals surface area contributed by atoms with Crippen molar-refractivity contribution in [2.24, 2.45) is 10.8 Å². The Balaban J connectivity index is 0.000000878. The minimum atomic E-state index is -0.826. The summed E-state index contributed by atoms with van der Waals surface area (Å²) >= 11 is -0.826. The van der Waals surface area contributed by atoms with Gasteiger partial charge in [-0.3, -0.25) is 0 Å². The van der Waals surface area contributed by atoms with Crippen molar-refractivity contribution in [2.75, 3.05) is 0 Å². The van der Waals surface area contributed by atoms with E-state index in [1.54, 1.807) is 0 Å². The quantitative estimate of drug-likeness (QED) is 0.232. The second-order valence-electron chi connectivity index (χ2n) is 8.88. The zero-order chi connectivity index (χ0) is 20.9. The Bertz CT molecular complexity index is 889. The van der Waals surface area contributed by atoms with Gasteiger partial charge in [-0.2, -0.15) is 11.8 Å². The zero-order valence-electron chi connectivity index (χ0n) is 17.3. The number of benzene rings is 2. The van der Waals surface area contributed by atoms with Crippen LogP contribution < -0.4 is 0 Å². The summed E-state index contributed by atoms with van der Waals surface area (Å²) in [5.41, 5.74) is 7.29. The molecule has 0 saturated heterocycles. The average molecular weight is 488 g/mol. The summed E-state index contributed by atoms with van der Waals surface area (Å²) in [5, 5.41) is 0. The summed E-state index contributed by atoms with van der Waals surface area (Å²) in [5.74, 6) is 13.2. The van der Waals surface area contributed by atoms with Crippen LogP contribution in [0.4, 0.5) is 0 Å². The van der Waals surface area contributed by atoms with Crippen molar-refractivity contribution in [1.82, 2.24) is 0 Å². The van der Waals surface area contributed by atoms with Gasteiger partial charge in [0, 0.05) is 16.4 Å². The van der Waals surface area contributed by atoms with Crippen molar-refractivity contribution < 1.29 is 20.8 Å². The molecule has 0 bridgehead atoms. The first kappa shape index (κ1) is 23.3. The Morgan fingerprint density at radius 1 is 0.857 bits per heavy atom. The third kappa shape index (κ3) is 7.12. The van der Waals surface area contributed by atoms with Gasteiger partial charge in [0.15, 0.2) is 0 Å². The van der Waals surface area contributed by atoms with E-state index in [2.05, 4.69) is 102 Å². The fourth-order valence-corrected chi connectivity index (χ4v) is 2.79. The van der Waals surface area contributed by atoms with E-state index in [1.165, 1.54) is 22.3 Å². The first-order valence-electron chi connectivity index (χ1n) is 9.23. The molecule has 0 nitrogen and oxygen atoms in total. The molecule has 0 spiro atoms. The molecule has 0 radical (unpaired) electrons. The molecule has 144 valence electrons. The normalized spacial score (nSPS) is 11.6. The number of hydrogen-bond donors (Lipinski definition) is 0. The van der Waals surface area contributed by atoms with Crippen LogP contribution in [-0.2, 0) is 27.3 Å². The van der Waals surface area contributed by atoms with Gasteiger partial charge in [0.05, 0.1) is 0 Å². The molecule has 3 heteroatoms. The number of halogens is 2. The van der Waals surface area contributed by atoms with Gasteiger partial charge < -0.3 is 0 Å². The maximum atomic E-state index is 4.93. The summed E-state index contributed by atoms with van der Waals surface area (Å²) in [6.07, 6.45) is 0.917. The third-order valence-corrected chi connectivity index (χ3v) is 3.94. The molecule has 0 aliphatic heterocycles. The predicted octanol–water partition coefficient (Wildman–Crippen LogP) is 7.23. The first-order valence-corrected chi connectivity index (χ1v) is 15.6. The number of rotatable bonds is 0. The van der Waals surface area contributed by atoms with E-state index in [-0.39, 0.29) is 10.8 Å². The zero-order valence-corrected chi connectivity index (χ0v) is 21.3. The molecular formula is C25H25Cl2Zr-. The van der Waals surface area contributed by atoms with Crippen molar-refractivity contribution in [3.63, 3.8) is 0 Å². The molecule has 0 N–H and O–H groups in total. The molecule has 0 unspecified atom stereocenters. The van der Waals surface area contributed by atoms with E-state index < -0.39 is 20.8 Å². The Morgan fingerprint density at radius 2 is 1.43 bits per heavy atom. The summed E-state index contributed by atoms with van der Waals surface area (Å²) in [4.78, 5) is 0. The van der Waals surface area contributed by atoms with Crippen molar-refractivity contribution in [1.29, 1.82) is 0 Å². The monoisotopic (exact) mass is 485 g/mol. The van der Waals surface area contributed by atoms with Crippen molar-refractivity contribution in [2.45, 2.75) is 48.0 Å². The molecule has 2 aromatic carbocycles. The maximum absolute atomic E-state index is 4.93. The summed E-state index contributed by atoms with van der Waals surface area (Å²) in [6.45, 7) is 12.8. The molecule has 1 aliphatic rings. The van der Waals surface area contributed by atoms with E-state index >= 15 is 0 Å². The molecular weight excluding hydrogens is 462 g/mol. The number of hydrogen-bond acceptors (Lipinski definition) is 0. The Morgan fingerprint density at radius 3 is 2.04 bits per heavy atom. The van der Waals surface area contributed by atoms with Gasteiger partial charge >= 0.3 is 37.9 Å². The second kappa shape index (κ2) is 9.68. The molecule has 28 heavy (non-hydrogen) atoms. The van der Waals surface area contributed by atoms with Gasteiger partial charge in [0.25, 0.3) is 0 Å². The van der Waals surface area contributed by atoms with Gasteiger partial charge in [-0.15, -0.1) is 29.3 Å². The molecule has 0 atom stereocenters. The van der Waals surface area contributed by atoms with Crippen LogP contribution in [0, 0.1) is 40.6 Å². The van der Waals surface area contributed by atoms with E-state index in [0.29, 0.717) is 0 Å². The molecule has 0 heterocycles. The first-order chi connectivity index (χ1) is 13.0. The topological polar surface area (TPSA) is 0 Å². The predicted molar refractivity (Wildman–Crippen MR) is 118 cm³/mol. The standard InChI is InChI=1S/C25H25.2ClH.Zr/c1-24(2,3)13-11-18-7-9-22-20(15-18)17-21-16-19(8-10-23(21)22)12-14-25(4,5)6;;;/h7-10,15H,17H2,1-6H3;2*1H;/q-1;;;+2/p-2. The molecule has 3 rings (SSSR count). The van der Waals surface area contributed by atoms with Crippen LogP contribution >= 0.6 is 17.0 Å². The van der Waals surface area contributed by atoms with Crippen molar-refractivity contribution in [3.05, 3.63) is 58.7 Å². The van der Waals surface area contributed by atoms with Crippen LogP contribution in [0.15, 0.2) is 30.3 Å². The van der Waals surface area contributed by atoms with Gasteiger partial charge in [-0.05, 0) is 65.7 Å². The average Bonchev–Trinajstić information content (AvgIpc) is 2.94. The Hall–Kier alpha value is -0.977. The fraction of sp³-hybridized carbons (Fsp3) is 0.360. The molecule has 1 aliphatic carbocycles. The fourth-order valence-electron chi connectivity index (χ4n) is 2.79. The number of fused-ring (bicyclic) bond motifs is 3. The third-order valence-electron chi connectivity index (χ3n) is 3.94. The molecule has 0 aromatic heterocycles. The molecule has 0 saturated carbocycles. The second-order valence-corrected chi connectivity index (χ2v) is 12.6. The molecule has 0 fully saturated rings. The van der Waals surface area contributed by atoms with E-state index in [1.807, 2.05) is 0 Å².